The summed E-state index contributed by atoms with van der Waals surface area (Å²) in [5.41, 5.74) is 3.00. The lowest BCUT2D eigenvalue weighted by molar-refractivity contribution is 0.0852. The van der Waals surface area contributed by atoms with Crippen LogP contribution in [0.4, 0.5) is 4.39 Å². The maximum Gasteiger partial charge on any atom is 0.140 e. The highest BCUT2D eigenvalue weighted by atomic mass is 79.9. The predicted molar refractivity (Wildman–Crippen MR) is 54.5 cm³/mol. The molecule has 0 aliphatic rings. The van der Waals surface area contributed by atoms with E-state index in [1.54, 1.807) is 6.07 Å². The second-order valence-electron chi connectivity index (χ2n) is 2.57. The summed E-state index contributed by atoms with van der Waals surface area (Å²) in [7, 11) is 2.97. The normalized spacial score (nSPS) is 10.3. The summed E-state index contributed by atoms with van der Waals surface area (Å²) < 4.78 is 19.1. The van der Waals surface area contributed by atoms with Crippen LogP contribution < -0.4 is 10.2 Å². The van der Waals surface area contributed by atoms with Crippen LogP contribution in [0.1, 0.15) is 5.56 Å². The third-order valence-corrected chi connectivity index (χ3v) is 2.38. The van der Waals surface area contributed by atoms with E-state index in [4.69, 9.17) is 4.74 Å². The Bertz CT molecular complexity index is 320. The van der Waals surface area contributed by atoms with Crippen LogP contribution in [0.25, 0.3) is 0 Å². The highest BCUT2D eigenvalue weighted by Gasteiger charge is 2.12. The zero-order chi connectivity index (χ0) is 10.6. The van der Waals surface area contributed by atoms with Gasteiger partial charge in [-0.3, -0.25) is 0 Å². The van der Waals surface area contributed by atoms with Crippen LogP contribution in [0.3, 0.4) is 0 Å². The first-order valence-electron chi connectivity index (χ1n) is 3.97. The van der Waals surface area contributed by atoms with Crippen molar-refractivity contribution in [1.82, 2.24) is 5.48 Å². The summed E-state index contributed by atoms with van der Waals surface area (Å²) in [6.07, 6.45) is 0. The molecule has 0 atom stereocenters. The van der Waals surface area contributed by atoms with Crippen molar-refractivity contribution in [2.24, 2.45) is 0 Å². The number of ether oxygens (including phenoxy) is 1. The van der Waals surface area contributed by atoms with E-state index in [0.717, 1.165) is 0 Å². The molecule has 0 saturated heterocycles. The Morgan fingerprint density at radius 1 is 1.43 bits per heavy atom. The van der Waals surface area contributed by atoms with Gasteiger partial charge in [0.05, 0.1) is 25.2 Å². The van der Waals surface area contributed by atoms with Crippen molar-refractivity contribution < 1.29 is 14.0 Å². The van der Waals surface area contributed by atoms with Gasteiger partial charge in [0.25, 0.3) is 0 Å². The lowest BCUT2D eigenvalue weighted by Gasteiger charge is -2.11. The van der Waals surface area contributed by atoms with Crippen LogP contribution in [-0.2, 0) is 11.4 Å². The largest absolute Gasteiger partial charge is 0.495 e. The van der Waals surface area contributed by atoms with Crippen molar-refractivity contribution in [2.45, 2.75) is 6.54 Å². The van der Waals surface area contributed by atoms with Gasteiger partial charge >= 0.3 is 0 Å². The standard InChI is InChI=1S/C9H11BrFNO2/c1-13-9-6(5-12-14-2)8(11)4-3-7(9)10/h3-4,12H,5H2,1-2H3. The molecular formula is C9H11BrFNO2. The maximum atomic E-state index is 13.3. The van der Waals surface area contributed by atoms with Crippen LogP contribution >= 0.6 is 15.9 Å². The van der Waals surface area contributed by atoms with E-state index in [-0.39, 0.29) is 12.4 Å². The highest BCUT2D eigenvalue weighted by Crippen LogP contribution is 2.30. The van der Waals surface area contributed by atoms with Gasteiger partial charge in [-0.25, -0.2) is 4.39 Å². The molecule has 0 unspecified atom stereocenters. The molecule has 0 bridgehead atoms. The predicted octanol–water partition coefficient (Wildman–Crippen LogP) is 2.25. The zero-order valence-electron chi connectivity index (χ0n) is 7.93. The molecule has 0 fully saturated rings. The maximum absolute atomic E-state index is 13.3. The van der Waals surface area contributed by atoms with Gasteiger partial charge in [0.2, 0.25) is 0 Å². The van der Waals surface area contributed by atoms with Gasteiger partial charge in [-0.1, -0.05) is 0 Å². The van der Waals surface area contributed by atoms with E-state index >= 15 is 0 Å². The Kier molecular flexibility index (Phi) is 4.31. The molecule has 14 heavy (non-hydrogen) atoms. The quantitative estimate of drug-likeness (QED) is 0.846. The van der Waals surface area contributed by atoms with Crippen molar-refractivity contribution in [1.29, 1.82) is 0 Å². The molecule has 1 aromatic carbocycles. The van der Waals surface area contributed by atoms with Gasteiger partial charge in [0.15, 0.2) is 0 Å². The van der Waals surface area contributed by atoms with E-state index in [9.17, 15) is 4.39 Å². The molecule has 0 aromatic heterocycles. The molecule has 0 radical (unpaired) electrons. The van der Waals surface area contributed by atoms with E-state index < -0.39 is 0 Å². The molecule has 5 heteroatoms. The third kappa shape index (κ3) is 2.43. The fourth-order valence-electron chi connectivity index (χ4n) is 1.10. The lowest BCUT2D eigenvalue weighted by atomic mass is 10.2. The minimum atomic E-state index is -0.324. The van der Waals surface area contributed by atoms with Gasteiger partial charge in [-0.15, -0.1) is 0 Å². The van der Waals surface area contributed by atoms with Gasteiger partial charge in [0, 0.05) is 5.56 Å². The summed E-state index contributed by atoms with van der Waals surface area (Å²) in [6, 6.07) is 2.98. The monoisotopic (exact) mass is 263 g/mol. The SMILES string of the molecule is CONCc1c(F)ccc(Br)c1OC. The van der Waals surface area contributed by atoms with Crippen molar-refractivity contribution in [3.05, 3.63) is 28.0 Å². The molecule has 3 nitrogen and oxygen atoms in total. The second-order valence-corrected chi connectivity index (χ2v) is 3.42. The summed E-state index contributed by atoms with van der Waals surface area (Å²) in [4.78, 5) is 4.65. The summed E-state index contributed by atoms with van der Waals surface area (Å²) >= 11 is 3.27. The minimum Gasteiger partial charge on any atom is -0.495 e. The van der Waals surface area contributed by atoms with Crippen LogP contribution in [0.2, 0.25) is 0 Å². The fourth-order valence-corrected chi connectivity index (χ4v) is 1.64. The van der Waals surface area contributed by atoms with E-state index in [1.165, 1.54) is 20.3 Å². The Hall–Kier alpha value is -0.650. The lowest BCUT2D eigenvalue weighted by Crippen LogP contribution is -2.13. The number of hydrogen-bond acceptors (Lipinski definition) is 3. The number of halogens is 2. The van der Waals surface area contributed by atoms with Crippen molar-refractivity contribution in [3.63, 3.8) is 0 Å². The van der Waals surface area contributed by atoms with Gasteiger partial charge in [-0.2, -0.15) is 5.48 Å². The smallest absolute Gasteiger partial charge is 0.140 e. The molecule has 0 saturated carbocycles. The van der Waals surface area contributed by atoms with Crippen LogP contribution in [-0.4, -0.2) is 14.2 Å². The highest BCUT2D eigenvalue weighted by molar-refractivity contribution is 9.10. The molecule has 0 aliphatic heterocycles. The topological polar surface area (TPSA) is 30.5 Å². The molecule has 0 aliphatic carbocycles. The first kappa shape index (κ1) is 11.4. The molecule has 0 heterocycles. The molecule has 0 amide bonds. The minimum absolute atomic E-state index is 0.255. The van der Waals surface area contributed by atoms with E-state index in [1.807, 2.05) is 0 Å². The number of hydroxylamine groups is 1. The summed E-state index contributed by atoms with van der Waals surface area (Å²) in [5.74, 6) is 0.157. The Morgan fingerprint density at radius 3 is 2.71 bits per heavy atom. The third-order valence-electron chi connectivity index (χ3n) is 1.75. The van der Waals surface area contributed by atoms with Crippen LogP contribution in [0, 0.1) is 5.82 Å². The van der Waals surface area contributed by atoms with Gasteiger partial charge in [0.1, 0.15) is 11.6 Å². The molecule has 1 aromatic rings. The number of nitrogens with one attached hydrogen (secondary N) is 1. The van der Waals surface area contributed by atoms with Crippen molar-refractivity contribution in [3.8, 4) is 5.75 Å². The average molecular weight is 264 g/mol. The molecule has 1 rings (SSSR count). The first-order valence-corrected chi connectivity index (χ1v) is 4.76. The number of methoxy groups -OCH3 is 1. The molecule has 1 N–H and O–H groups in total. The molecular weight excluding hydrogens is 253 g/mol. The number of hydrogen-bond donors (Lipinski definition) is 1. The van der Waals surface area contributed by atoms with Crippen LogP contribution in [0.5, 0.6) is 5.75 Å². The average Bonchev–Trinajstić information content (AvgIpc) is 2.19. The van der Waals surface area contributed by atoms with Crippen molar-refractivity contribution >= 4 is 15.9 Å². The van der Waals surface area contributed by atoms with E-state index in [0.29, 0.717) is 15.8 Å². The van der Waals surface area contributed by atoms with Gasteiger partial charge < -0.3 is 9.57 Å². The Morgan fingerprint density at radius 2 is 2.14 bits per heavy atom. The zero-order valence-corrected chi connectivity index (χ0v) is 9.52. The number of benzene rings is 1. The first-order chi connectivity index (χ1) is 6.70. The Balaban J connectivity index is 3.03. The summed E-state index contributed by atoms with van der Waals surface area (Å²) in [5, 5.41) is 0. The second kappa shape index (κ2) is 5.29. The summed E-state index contributed by atoms with van der Waals surface area (Å²) in [6.45, 7) is 0.255. The fraction of sp³-hybridized carbons (Fsp3) is 0.333. The van der Waals surface area contributed by atoms with E-state index in [2.05, 4.69) is 26.2 Å². The molecule has 78 valence electrons. The Labute approximate surface area is 90.3 Å². The van der Waals surface area contributed by atoms with Gasteiger partial charge in [-0.05, 0) is 28.1 Å². The number of rotatable bonds is 4. The molecule has 0 spiro atoms. The van der Waals surface area contributed by atoms with Crippen LogP contribution in [0.15, 0.2) is 16.6 Å². The van der Waals surface area contributed by atoms with Crippen molar-refractivity contribution in [2.75, 3.05) is 14.2 Å².